The van der Waals surface area contributed by atoms with Gasteiger partial charge < -0.3 is 4.74 Å². The zero-order chi connectivity index (χ0) is 11.1. The molecule has 0 N–H and O–H groups in total. The summed E-state index contributed by atoms with van der Waals surface area (Å²) in [7, 11) is 0. The average Bonchev–Trinajstić information content (AvgIpc) is 2.27. The topological polar surface area (TPSA) is 26.3 Å². The Bertz CT molecular complexity index is 344. The fourth-order valence-electron chi connectivity index (χ4n) is 1.10. The normalized spacial score (nSPS) is 11.2. The minimum Gasteiger partial charge on any atom is -0.462 e. The maximum atomic E-state index is 11.2. The predicted molar refractivity (Wildman–Crippen MR) is 63.8 cm³/mol. The first-order valence-corrected chi connectivity index (χ1v) is 5.60. The molecule has 0 aliphatic heterocycles. The Labute approximate surface area is 98.1 Å². The second kappa shape index (κ2) is 6.40. The van der Waals surface area contributed by atoms with Crippen LogP contribution in [0.25, 0.3) is 0 Å². The van der Waals surface area contributed by atoms with Crippen molar-refractivity contribution in [2.24, 2.45) is 0 Å². The van der Waals surface area contributed by atoms with Gasteiger partial charge in [-0.1, -0.05) is 36.4 Å². The van der Waals surface area contributed by atoms with Crippen LogP contribution in [-0.4, -0.2) is 12.6 Å². The molecule has 0 fully saturated rings. The second-order valence-electron chi connectivity index (χ2n) is 2.96. The van der Waals surface area contributed by atoms with Gasteiger partial charge in [-0.05, 0) is 34.8 Å². The Kier molecular flexibility index (Phi) is 5.12. The first kappa shape index (κ1) is 12.0. The molecule has 0 aliphatic rings. The highest BCUT2D eigenvalue weighted by Crippen LogP contribution is 2.10. The molecule has 3 heteroatoms. The highest BCUT2D eigenvalue weighted by Gasteiger charge is 2.05. The summed E-state index contributed by atoms with van der Waals surface area (Å²) >= 11 is 3.19. The largest absolute Gasteiger partial charge is 0.462 e. The van der Waals surface area contributed by atoms with Gasteiger partial charge in [-0.25, -0.2) is 4.79 Å². The van der Waals surface area contributed by atoms with Crippen LogP contribution in [0.5, 0.6) is 0 Å². The summed E-state index contributed by atoms with van der Waals surface area (Å²) in [4.78, 5) is 11.2. The van der Waals surface area contributed by atoms with Gasteiger partial charge in [0.2, 0.25) is 0 Å². The van der Waals surface area contributed by atoms with E-state index in [1.165, 1.54) is 5.56 Å². The number of benzene rings is 1. The van der Waals surface area contributed by atoms with Gasteiger partial charge in [-0.15, -0.1) is 0 Å². The molecular formula is C12H13BrO2. The molecular weight excluding hydrogens is 256 g/mol. The van der Waals surface area contributed by atoms with E-state index in [9.17, 15) is 4.79 Å². The molecule has 0 saturated carbocycles. The quantitative estimate of drug-likeness (QED) is 0.620. The van der Waals surface area contributed by atoms with Crippen molar-refractivity contribution in [3.63, 3.8) is 0 Å². The molecule has 15 heavy (non-hydrogen) atoms. The van der Waals surface area contributed by atoms with Crippen LogP contribution in [0.4, 0.5) is 0 Å². The van der Waals surface area contributed by atoms with Crippen molar-refractivity contribution >= 4 is 21.9 Å². The van der Waals surface area contributed by atoms with E-state index < -0.39 is 0 Å². The summed E-state index contributed by atoms with van der Waals surface area (Å²) in [5, 5.41) is 0. The van der Waals surface area contributed by atoms with E-state index >= 15 is 0 Å². The molecule has 0 spiro atoms. The van der Waals surface area contributed by atoms with Crippen LogP contribution < -0.4 is 0 Å². The lowest BCUT2D eigenvalue weighted by atomic mass is 10.1. The number of hydrogen-bond acceptors (Lipinski definition) is 2. The molecule has 2 nitrogen and oxygen atoms in total. The van der Waals surface area contributed by atoms with Crippen LogP contribution in [0.1, 0.15) is 12.5 Å². The van der Waals surface area contributed by atoms with Crippen molar-refractivity contribution in [2.75, 3.05) is 6.61 Å². The number of carbonyl (C=O) groups excluding carboxylic acids is 1. The maximum Gasteiger partial charge on any atom is 0.344 e. The van der Waals surface area contributed by atoms with Crippen molar-refractivity contribution in [3.8, 4) is 0 Å². The lowest BCUT2D eigenvalue weighted by molar-refractivity contribution is -0.137. The van der Waals surface area contributed by atoms with E-state index in [1.807, 2.05) is 36.4 Å². The third kappa shape index (κ3) is 4.30. The van der Waals surface area contributed by atoms with E-state index in [0.717, 1.165) is 6.42 Å². The fraction of sp³-hybridized carbons (Fsp3) is 0.250. The van der Waals surface area contributed by atoms with Crippen molar-refractivity contribution < 1.29 is 9.53 Å². The van der Waals surface area contributed by atoms with Crippen LogP contribution in [0.2, 0.25) is 0 Å². The van der Waals surface area contributed by atoms with Gasteiger partial charge in [-0.3, -0.25) is 0 Å². The minimum absolute atomic E-state index is 0.312. The van der Waals surface area contributed by atoms with Gasteiger partial charge in [0.1, 0.15) is 0 Å². The third-order valence-electron chi connectivity index (χ3n) is 1.83. The lowest BCUT2D eigenvalue weighted by Gasteiger charge is -2.00. The van der Waals surface area contributed by atoms with E-state index in [-0.39, 0.29) is 5.97 Å². The molecule has 1 rings (SSSR count). The summed E-state index contributed by atoms with van der Waals surface area (Å²) in [5.41, 5.74) is 1.17. The van der Waals surface area contributed by atoms with E-state index in [4.69, 9.17) is 4.74 Å². The minimum atomic E-state index is -0.312. The molecule has 0 heterocycles. The molecule has 80 valence electrons. The highest BCUT2D eigenvalue weighted by molar-refractivity contribution is 9.12. The van der Waals surface area contributed by atoms with Gasteiger partial charge in [-0.2, -0.15) is 0 Å². The maximum absolute atomic E-state index is 11.2. The van der Waals surface area contributed by atoms with Gasteiger partial charge in [0.05, 0.1) is 11.1 Å². The molecule has 0 bridgehead atoms. The Balaban J connectivity index is 2.54. The average molecular weight is 269 g/mol. The fourth-order valence-corrected chi connectivity index (χ4v) is 1.38. The molecule has 0 aromatic heterocycles. The van der Waals surface area contributed by atoms with Crippen LogP contribution in [0.3, 0.4) is 0 Å². The Morgan fingerprint density at radius 3 is 2.67 bits per heavy atom. The van der Waals surface area contributed by atoms with Crippen LogP contribution >= 0.6 is 15.9 Å². The highest BCUT2D eigenvalue weighted by atomic mass is 79.9. The zero-order valence-electron chi connectivity index (χ0n) is 8.57. The number of esters is 1. The first-order chi connectivity index (χ1) is 7.24. The summed E-state index contributed by atoms with van der Waals surface area (Å²) in [6, 6.07) is 9.94. The number of hydrogen-bond donors (Lipinski definition) is 0. The summed E-state index contributed by atoms with van der Waals surface area (Å²) in [5.74, 6) is -0.312. The molecule has 0 atom stereocenters. The molecule has 1 aromatic rings. The molecule has 0 amide bonds. The number of allylic oxidation sites excluding steroid dienone is 1. The lowest BCUT2D eigenvalue weighted by Crippen LogP contribution is -2.03. The van der Waals surface area contributed by atoms with Crippen molar-refractivity contribution in [1.29, 1.82) is 0 Å². The molecule has 0 saturated heterocycles. The molecule has 0 aliphatic carbocycles. The van der Waals surface area contributed by atoms with Crippen molar-refractivity contribution in [1.82, 2.24) is 0 Å². The van der Waals surface area contributed by atoms with Gasteiger partial charge in [0.15, 0.2) is 0 Å². The predicted octanol–water partition coefficient (Wildman–Crippen LogP) is 3.07. The van der Waals surface area contributed by atoms with Crippen LogP contribution in [0, 0.1) is 0 Å². The van der Waals surface area contributed by atoms with E-state index in [0.29, 0.717) is 11.1 Å². The Hall–Kier alpha value is -1.09. The summed E-state index contributed by atoms with van der Waals surface area (Å²) in [6.45, 7) is 2.18. The molecule has 1 aromatic carbocycles. The number of ether oxygens (including phenoxy) is 1. The smallest absolute Gasteiger partial charge is 0.344 e. The van der Waals surface area contributed by atoms with Crippen LogP contribution in [0.15, 0.2) is 40.9 Å². The molecule has 0 radical (unpaired) electrons. The van der Waals surface area contributed by atoms with Crippen LogP contribution in [-0.2, 0) is 16.0 Å². The number of halogens is 1. The van der Waals surface area contributed by atoms with E-state index in [2.05, 4.69) is 15.9 Å². The van der Waals surface area contributed by atoms with E-state index in [1.54, 1.807) is 6.92 Å². The van der Waals surface area contributed by atoms with Gasteiger partial charge in [0, 0.05) is 0 Å². The molecule has 0 unspecified atom stereocenters. The monoisotopic (exact) mass is 268 g/mol. The van der Waals surface area contributed by atoms with Crippen molar-refractivity contribution in [2.45, 2.75) is 13.3 Å². The SMILES string of the molecule is CCOC(=O)/C(Br)=C/Cc1ccccc1. The number of rotatable bonds is 4. The Morgan fingerprint density at radius 1 is 1.40 bits per heavy atom. The Morgan fingerprint density at radius 2 is 2.07 bits per heavy atom. The first-order valence-electron chi connectivity index (χ1n) is 4.80. The van der Waals surface area contributed by atoms with Gasteiger partial charge in [0.25, 0.3) is 0 Å². The third-order valence-corrected chi connectivity index (χ3v) is 2.48. The summed E-state index contributed by atoms with van der Waals surface area (Å²) < 4.78 is 5.32. The zero-order valence-corrected chi connectivity index (χ0v) is 10.2. The second-order valence-corrected chi connectivity index (χ2v) is 3.82. The van der Waals surface area contributed by atoms with Crippen molar-refractivity contribution in [3.05, 3.63) is 46.5 Å². The summed E-state index contributed by atoms with van der Waals surface area (Å²) in [6.07, 6.45) is 2.54. The van der Waals surface area contributed by atoms with Gasteiger partial charge >= 0.3 is 5.97 Å². The standard InChI is InChI=1S/C12H13BrO2/c1-2-15-12(14)11(13)9-8-10-6-4-3-5-7-10/h3-7,9H,2,8H2,1H3/b11-9-. The number of carbonyl (C=O) groups is 1.